The predicted octanol–water partition coefficient (Wildman–Crippen LogP) is 2.31. The van der Waals surface area contributed by atoms with Crippen molar-refractivity contribution in [3.05, 3.63) is 69.3 Å². The Morgan fingerprint density at radius 1 is 1.31 bits per heavy atom. The largest absolute Gasteiger partial charge is 0.393 e. The zero-order valence-electron chi connectivity index (χ0n) is 18.2. The summed E-state index contributed by atoms with van der Waals surface area (Å²) in [5.41, 5.74) is 1.19. The predicted molar refractivity (Wildman–Crippen MR) is 132 cm³/mol. The fraction of sp³-hybridized carbons (Fsp3) is 0.333. The Labute approximate surface area is 214 Å². The first-order valence-electron chi connectivity index (χ1n) is 10.6. The molecule has 2 aromatic heterocycles. The number of anilines is 1. The quantitative estimate of drug-likeness (QED) is 0.218. The minimum absolute atomic E-state index is 0.0567. The molecular formula is C21H22BrClN6O5S. The average Bonchev–Trinajstić information content (AvgIpc) is 3.33. The molecule has 0 spiro atoms. The lowest BCUT2D eigenvalue weighted by Gasteiger charge is -2.15. The molecule has 186 valence electrons. The van der Waals surface area contributed by atoms with Crippen molar-refractivity contribution in [2.45, 2.75) is 31.5 Å². The Bertz CT molecular complexity index is 1340. The van der Waals surface area contributed by atoms with E-state index in [1.165, 1.54) is 12.5 Å². The molecule has 0 radical (unpaired) electrons. The molecule has 0 unspecified atom stereocenters. The molecule has 1 aliphatic carbocycles. The minimum atomic E-state index is -4.35. The number of aliphatic hydroxyl groups excluding tert-OH is 1. The first kappa shape index (κ1) is 25.7. The van der Waals surface area contributed by atoms with Crippen LogP contribution in [0.5, 0.6) is 0 Å². The van der Waals surface area contributed by atoms with Gasteiger partial charge in [-0.1, -0.05) is 39.7 Å². The van der Waals surface area contributed by atoms with Crippen molar-refractivity contribution in [1.82, 2.24) is 24.5 Å². The first-order valence-corrected chi connectivity index (χ1v) is 13.2. The van der Waals surface area contributed by atoms with Crippen LogP contribution in [0.25, 0.3) is 0 Å². The van der Waals surface area contributed by atoms with Crippen LogP contribution in [0.1, 0.15) is 34.5 Å². The Kier molecular flexibility index (Phi) is 7.83. The fourth-order valence-electron chi connectivity index (χ4n) is 4.04. The lowest BCUT2D eigenvalue weighted by atomic mass is 10.1. The number of nitrogens with zero attached hydrogens (tertiary/aromatic N) is 4. The van der Waals surface area contributed by atoms with E-state index in [0.717, 1.165) is 10.0 Å². The van der Waals surface area contributed by atoms with Crippen molar-refractivity contribution in [1.29, 1.82) is 0 Å². The molecule has 1 aromatic carbocycles. The van der Waals surface area contributed by atoms with E-state index >= 15 is 0 Å². The van der Waals surface area contributed by atoms with Crippen LogP contribution < -0.4 is 10.0 Å². The monoisotopic (exact) mass is 584 g/mol. The second-order valence-corrected chi connectivity index (χ2v) is 10.8. The van der Waals surface area contributed by atoms with Crippen LogP contribution >= 0.6 is 27.5 Å². The Hall–Kier alpha value is -2.42. The Balaban J connectivity index is 1.48. The van der Waals surface area contributed by atoms with E-state index in [-0.39, 0.29) is 34.7 Å². The van der Waals surface area contributed by atoms with Crippen LogP contribution in [0.15, 0.2) is 47.5 Å². The summed E-state index contributed by atoms with van der Waals surface area (Å²) in [6, 6.07) is 7.40. The van der Waals surface area contributed by atoms with E-state index in [1.54, 1.807) is 10.9 Å². The van der Waals surface area contributed by atoms with Crippen LogP contribution in [-0.2, 0) is 16.8 Å². The number of hydrogen-bond acceptors (Lipinski definition) is 8. The van der Waals surface area contributed by atoms with Gasteiger partial charge in [0.1, 0.15) is 12.1 Å². The lowest BCUT2D eigenvalue weighted by Crippen LogP contribution is -2.32. The van der Waals surface area contributed by atoms with Gasteiger partial charge in [0.25, 0.3) is 0 Å². The van der Waals surface area contributed by atoms with Gasteiger partial charge in [-0.05, 0) is 30.5 Å². The third-order valence-corrected chi connectivity index (χ3v) is 6.95. The number of nitrogens with one attached hydrogen (secondary N) is 2. The number of carbonyl (C=O) groups is 1. The topological polar surface area (TPSA) is 159 Å². The van der Waals surface area contributed by atoms with E-state index in [0.29, 0.717) is 19.4 Å². The van der Waals surface area contributed by atoms with Crippen LogP contribution in [0.3, 0.4) is 0 Å². The van der Waals surface area contributed by atoms with Crippen molar-refractivity contribution < 1.29 is 22.9 Å². The number of ketones is 1. The highest BCUT2D eigenvalue weighted by Gasteiger charge is 2.34. The summed E-state index contributed by atoms with van der Waals surface area (Å²) < 4.78 is 35.3. The second kappa shape index (κ2) is 10.7. The number of aromatic nitrogens is 4. The summed E-state index contributed by atoms with van der Waals surface area (Å²) in [6.45, 7) is 0.306. The van der Waals surface area contributed by atoms with Crippen molar-refractivity contribution in [2.24, 2.45) is 5.92 Å². The number of hydrogen-bond donors (Lipinski definition) is 4. The summed E-state index contributed by atoms with van der Waals surface area (Å²) in [6.07, 6.45) is 4.12. The van der Waals surface area contributed by atoms with E-state index in [4.69, 9.17) is 16.2 Å². The molecule has 0 bridgehead atoms. The van der Waals surface area contributed by atoms with Crippen molar-refractivity contribution in [3.8, 4) is 0 Å². The van der Waals surface area contributed by atoms with E-state index in [1.807, 2.05) is 29.0 Å². The fourth-order valence-corrected chi connectivity index (χ4v) is 5.15. The first-order chi connectivity index (χ1) is 16.6. The molecule has 11 nitrogen and oxygen atoms in total. The van der Waals surface area contributed by atoms with Gasteiger partial charge in [0.2, 0.25) is 5.78 Å². The van der Waals surface area contributed by atoms with Gasteiger partial charge < -0.3 is 10.4 Å². The summed E-state index contributed by atoms with van der Waals surface area (Å²) in [5, 5.41) is 18.0. The van der Waals surface area contributed by atoms with Gasteiger partial charge in [0.05, 0.1) is 23.2 Å². The molecule has 4 rings (SSSR count). The minimum Gasteiger partial charge on any atom is -0.393 e. The zero-order valence-corrected chi connectivity index (χ0v) is 21.3. The van der Waals surface area contributed by atoms with E-state index < -0.39 is 28.1 Å². The number of benzene rings is 1. The van der Waals surface area contributed by atoms with Crippen LogP contribution in [0, 0.1) is 5.92 Å². The maximum atomic E-state index is 13.3. The van der Waals surface area contributed by atoms with Crippen molar-refractivity contribution >= 4 is 49.4 Å². The molecule has 0 aliphatic heterocycles. The van der Waals surface area contributed by atoms with Gasteiger partial charge in [0, 0.05) is 35.4 Å². The number of rotatable bonds is 9. The molecule has 35 heavy (non-hydrogen) atoms. The number of carbonyl (C=O) groups excluding carboxylic acids is 1. The highest BCUT2D eigenvalue weighted by Crippen LogP contribution is 2.30. The highest BCUT2D eigenvalue weighted by atomic mass is 79.9. The third kappa shape index (κ3) is 6.63. The molecule has 4 N–H and O–H groups in total. The molecule has 1 saturated carbocycles. The maximum absolute atomic E-state index is 13.3. The number of aliphatic hydroxyl groups is 1. The SMILES string of the molecule is O=C(c1cncnc1N[C@@H]1C[C@H](CNS(=O)(=O)O)[C@@H](O)C1)c1nn(Cc2cccc(Br)c2)cc1Cl. The summed E-state index contributed by atoms with van der Waals surface area (Å²) in [7, 11) is -4.35. The Morgan fingerprint density at radius 2 is 2.11 bits per heavy atom. The van der Waals surface area contributed by atoms with Gasteiger partial charge in [0.15, 0.2) is 5.69 Å². The lowest BCUT2D eigenvalue weighted by molar-refractivity contribution is 0.103. The molecule has 2 heterocycles. The molecule has 14 heteroatoms. The molecule has 3 aromatic rings. The van der Waals surface area contributed by atoms with Gasteiger partial charge >= 0.3 is 10.3 Å². The smallest absolute Gasteiger partial charge is 0.333 e. The zero-order chi connectivity index (χ0) is 25.2. The second-order valence-electron chi connectivity index (χ2n) is 8.23. The average molecular weight is 586 g/mol. The highest BCUT2D eigenvalue weighted by molar-refractivity contribution is 9.10. The normalized spacial score (nSPS) is 20.2. The molecule has 1 fully saturated rings. The van der Waals surface area contributed by atoms with Gasteiger partial charge in [-0.2, -0.15) is 18.2 Å². The van der Waals surface area contributed by atoms with Gasteiger partial charge in [-0.3, -0.25) is 14.0 Å². The van der Waals surface area contributed by atoms with Crippen molar-refractivity contribution in [3.63, 3.8) is 0 Å². The maximum Gasteiger partial charge on any atom is 0.333 e. The molecule has 1 aliphatic rings. The molecule has 3 atom stereocenters. The Morgan fingerprint density at radius 3 is 2.86 bits per heavy atom. The summed E-state index contributed by atoms with van der Waals surface area (Å²) >= 11 is 9.77. The van der Waals surface area contributed by atoms with Crippen LogP contribution in [-0.4, -0.2) is 62.3 Å². The van der Waals surface area contributed by atoms with Gasteiger partial charge in [-0.15, -0.1) is 0 Å². The molecule has 0 saturated heterocycles. The van der Waals surface area contributed by atoms with Crippen LogP contribution in [0.4, 0.5) is 5.82 Å². The molecule has 0 amide bonds. The third-order valence-electron chi connectivity index (χ3n) is 5.65. The standard InChI is InChI=1S/C21H22BrClN6O5S/c22-14-3-1-2-12(4-14)9-29-10-17(23)19(28-29)20(31)16-8-24-11-25-21(16)27-15-5-13(18(30)6-15)7-26-35(32,33)34/h1-4,8,10-11,13,15,18,26,30H,5-7,9H2,(H,24,25,27)(H,32,33,34)/t13-,15-,18+/m1/s1. The number of halogens is 2. The van der Waals surface area contributed by atoms with Crippen LogP contribution in [0.2, 0.25) is 5.02 Å². The molecular weight excluding hydrogens is 564 g/mol. The van der Waals surface area contributed by atoms with Gasteiger partial charge in [-0.25, -0.2) is 9.97 Å². The summed E-state index contributed by atoms with van der Waals surface area (Å²) in [4.78, 5) is 21.4. The van der Waals surface area contributed by atoms with E-state index in [2.05, 4.69) is 36.3 Å². The van der Waals surface area contributed by atoms with Crippen molar-refractivity contribution in [2.75, 3.05) is 11.9 Å². The van der Waals surface area contributed by atoms with E-state index in [9.17, 15) is 18.3 Å². The summed E-state index contributed by atoms with van der Waals surface area (Å²) in [5.74, 6) is -0.629.